The van der Waals surface area contributed by atoms with Crippen LogP contribution in [0.4, 0.5) is 4.39 Å². The number of nitrogens with two attached hydrogens (primary N) is 1. The van der Waals surface area contributed by atoms with Crippen LogP contribution in [0.5, 0.6) is 0 Å². The standard InChI is InChI=1S/C11H9FN4S/c12-8-3-1-2-7-4-5-14-9(10(7)8)6-15-16-11(13)17/h1-6H,(H3,13,16,17)/b15-6+. The highest BCUT2D eigenvalue weighted by molar-refractivity contribution is 7.80. The van der Waals surface area contributed by atoms with Crippen LogP contribution in [0.15, 0.2) is 35.6 Å². The minimum absolute atomic E-state index is 0.0435. The number of rotatable bonds is 2. The van der Waals surface area contributed by atoms with Gasteiger partial charge >= 0.3 is 0 Å². The Morgan fingerprint density at radius 1 is 1.47 bits per heavy atom. The lowest BCUT2D eigenvalue weighted by molar-refractivity contribution is 0.639. The summed E-state index contributed by atoms with van der Waals surface area (Å²) >= 11 is 4.59. The number of benzene rings is 1. The quantitative estimate of drug-likeness (QED) is 0.481. The number of hydrogen-bond donors (Lipinski definition) is 2. The molecule has 0 aliphatic rings. The molecule has 1 aromatic carbocycles. The third-order valence-electron chi connectivity index (χ3n) is 2.13. The second kappa shape index (κ2) is 4.84. The van der Waals surface area contributed by atoms with Gasteiger partial charge in [0.25, 0.3) is 0 Å². The normalized spacial score (nSPS) is 10.9. The van der Waals surface area contributed by atoms with Gasteiger partial charge in [0.15, 0.2) is 5.11 Å². The smallest absolute Gasteiger partial charge is 0.184 e. The summed E-state index contributed by atoms with van der Waals surface area (Å²) in [4.78, 5) is 4.05. The van der Waals surface area contributed by atoms with Crippen molar-refractivity contribution in [1.82, 2.24) is 10.4 Å². The molecule has 6 heteroatoms. The van der Waals surface area contributed by atoms with Gasteiger partial charge in [-0.15, -0.1) is 0 Å². The molecule has 2 aromatic rings. The maximum atomic E-state index is 13.7. The van der Waals surface area contributed by atoms with Gasteiger partial charge in [-0.3, -0.25) is 10.4 Å². The number of thiocarbonyl (C=S) groups is 1. The number of nitrogens with zero attached hydrogens (tertiary/aromatic N) is 2. The number of hydrogen-bond acceptors (Lipinski definition) is 3. The number of halogens is 1. The van der Waals surface area contributed by atoms with Crippen LogP contribution in [-0.2, 0) is 0 Å². The number of hydrazone groups is 1. The predicted octanol–water partition coefficient (Wildman–Crippen LogP) is 1.54. The van der Waals surface area contributed by atoms with Gasteiger partial charge in [0.05, 0.1) is 11.9 Å². The topological polar surface area (TPSA) is 63.3 Å². The fraction of sp³-hybridized carbons (Fsp3) is 0. The van der Waals surface area contributed by atoms with E-state index in [2.05, 4.69) is 27.7 Å². The Balaban J connectivity index is 2.47. The van der Waals surface area contributed by atoms with Crippen molar-refractivity contribution in [3.63, 3.8) is 0 Å². The number of nitrogens with one attached hydrogen (secondary N) is 1. The molecule has 1 heterocycles. The van der Waals surface area contributed by atoms with E-state index in [4.69, 9.17) is 5.73 Å². The zero-order chi connectivity index (χ0) is 12.3. The molecule has 0 aliphatic heterocycles. The molecule has 3 N–H and O–H groups in total. The Hall–Kier alpha value is -2.08. The first kappa shape index (κ1) is 11.4. The van der Waals surface area contributed by atoms with Gasteiger partial charge < -0.3 is 5.73 Å². The fourth-order valence-electron chi connectivity index (χ4n) is 1.47. The molecule has 4 nitrogen and oxygen atoms in total. The zero-order valence-electron chi connectivity index (χ0n) is 8.72. The monoisotopic (exact) mass is 248 g/mol. The van der Waals surface area contributed by atoms with Crippen molar-refractivity contribution in [3.8, 4) is 0 Å². The molecule has 1 aromatic heterocycles. The van der Waals surface area contributed by atoms with Crippen LogP contribution in [-0.4, -0.2) is 16.3 Å². The van der Waals surface area contributed by atoms with Gasteiger partial charge in [-0.2, -0.15) is 5.10 Å². The molecule has 0 radical (unpaired) electrons. The van der Waals surface area contributed by atoms with Gasteiger partial charge in [-0.25, -0.2) is 4.39 Å². The molecule has 2 rings (SSSR count). The fourth-order valence-corrected chi connectivity index (χ4v) is 1.52. The summed E-state index contributed by atoms with van der Waals surface area (Å²) in [6, 6.07) is 6.56. The van der Waals surface area contributed by atoms with Gasteiger partial charge in [-0.1, -0.05) is 12.1 Å². The SMILES string of the molecule is NC(=S)N/N=C/c1nccc2cccc(F)c12. The lowest BCUT2D eigenvalue weighted by Crippen LogP contribution is -2.24. The molecule has 17 heavy (non-hydrogen) atoms. The second-order valence-corrected chi connectivity index (χ2v) is 3.71. The van der Waals surface area contributed by atoms with E-state index in [0.717, 1.165) is 5.39 Å². The third kappa shape index (κ3) is 2.54. The minimum Gasteiger partial charge on any atom is -0.375 e. The highest BCUT2D eigenvalue weighted by Crippen LogP contribution is 2.18. The van der Waals surface area contributed by atoms with Gasteiger partial charge in [0, 0.05) is 11.6 Å². The van der Waals surface area contributed by atoms with Gasteiger partial charge in [0.1, 0.15) is 5.82 Å². The van der Waals surface area contributed by atoms with E-state index < -0.39 is 0 Å². The van der Waals surface area contributed by atoms with Crippen LogP contribution in [0.2, 0.25) is 0 Å². The molecule has 0 saturated carbocycles. The highest BCUT2D eigenvalue weighted by Gasteiger charge is 2.05. The average molecular weight is 248 g/mol. The molecular formula is C11H9FN4S. The van der Waals surface area contributed by atoms with Crippen molar-refractivity contribution in [1.29, 1.82) is 0 Å². The first-order chi connectivity index (χ1) is 8.18. The van der Waals surface area contributed by atoms with E-state index in [0.29, 0.717) is 11.1 Å². The van der Waals surface area contributed by atoms with Gasteiger partial charge in [0.2, 0.25) is 0 Å². The molecule has 0 aliphatic carbocycles. The van der Waals surface area contributed by atoms with Gasteiger partial charge in [-0.05, 0) is 29.7 Å². The average Bonchev–Trinajstić information content (AvgIpc) is 2.29. The molecule has 0 spiro atoms. The molecule has 86 valence electrons. The van der Waals surface area contributed by atoms with Crippen molar-refractivity contribution in [2.24, 2.45) is 10.8 Å². The van der Waals surface area contributed by atoms with Crippen molar-refractivity contribution in [3.05, 3.63) is 42.0 Å². The number of fused-ring (bicyclic) bond motifs is 1. The minimum atomic E-state index is -0.340. The van der Waals surface area contributed by atoms with Crippen LogP contribution >= 0.6 is 12.2 Å². The Morgan fingerprint density at radius 3 is 3.06 bits per heavy atom. The molecule has 0 unspecified atom stereocenters. The van der Waals surface area contributed by atoms with E-state index >= 15 is 0 Å². The van der Waals surface area contributed by atoms with Crippen molar-refractivity contribution in [2.45, 2.75) is 0 Å². The summed E-state index contributed by atoms with van der Waals surface area (Å²) in [5.74, 6) is -0.340. The summed E-state index contributed by atoms with van der Waals surface area (Å²) < 4.78 is 13.7. The highest BCUT2D eigenvalue weighted by atomic mass is 32.1. The maximum Gasteiger partial charge on any atom is 0.184 e. The van der Waals surface area contributed by atoms with Crippen LogP contribution in [0, 0.1) is 5.82 Å². The summed E-state index contributed by atoms with van der Waals surface area (Å²) in [6.45, 7) is 0. The Morgan fingerprint density at radius 2 is 2.29 bits per heavy atom. The van der Waals surface area contributed by atoms with E-state index in [1.807, 2.05) is 0 Å². The molecular weight excluding hydrogens is 239 g/mol. The van der Waals surface area contributed by atoms with Crippen LogP contribution in [0.25, 0.3) is 10.8 Å². The number of aromatic nitrogens is 1. The van der Waals surface area contributed by atoms with E-state index in [1.165, 1.54) is 12.3 Å². The lowest BCUT2D eigenvalue weighted by Gasteiger charge is -2.02. The summed E-state index contributed by atoms with van der Waals surface area (Å²) in [5.41, 5.74) is 8.03. The zero-order valence-corrected chi connectivity index (χ0v) is 9.54. The second-order valence-electron chi connectivity index (χ2n) is 3.27. The summed E-state index contributed by atoms with van der Waals surface area (Å²) in [5, 5.41) is 4.99. The molecule has 0 atom stereocenters. The third-order valence-corrected chi connectivity index (χ3v) is 2.22. The first-order valence-corrected chi connectivity index (χ1v) is 5.21. The van der Waals surface area contributed by atoms with Crippen molar-refractivity contribution < 1.29 is 4.39 Å². The van der Waals surface area contributed by atoms with E-state index in [9.17, 15) is 4.39 Å². The predicted molar refractivity (Wildman–Crippen MR) is 69.2 cm³/mol. The van der Waals surface area contributed by atoms with Crippen LogP contribution in [0.3, 0.4) is 0 Å². The molecule has 0 bridgehead atoms. The molecule has 0 saturated heterocycles. The van der Waals surface area contributed by atoms with E-state index in [1.54, 1.807) is 24.4 Å². The Bertz CT molecular complexity index is 592. The lowest BCUT2D eigenvalue weighted by atomic mass is 10.1. The first-order valence-electron chi connectivity index (χ1n) is 4.80. The Kier molecular flexibility index (Phi) is 3.24. The molecule has 0 amide bonds. The molecule has 0 fully saturated rings. The number of pyridine rings is 1. The Labute approximate surface area is 102 Å². The van der Waals surface area contributed by atoms with Crippen molar-refractivity contribution >= 4 is 34.3 Å². The summed E-state index contributed by atoms with van der Waals surface area (Å²) in [7, 11) is 0. The van der Waals surface area contributed by atoms with Crippen LogP contribution in [0.1, 0.15) is 5.69 Å². The van der Waals surface area contributed by atoms with Crippen LogP contribution < -0.4 is 11.2 Å². The van der Waals surface area contributed by atoms with E-state index in [-0.39, 0.29) is 10.9 Å². The largest absolute Gasteiger partial charge is 0.375 e. The maximum absolute atomic E-state index is 13.7. The summed E-state index contributed by atoms with van der Waals surface area (Å²) in [6.07, 6.45) is 2.97. The van der Waals surface area contributed by atoms with Crippen molar-refractivity contribution in [2.75, 3.05) is 0 Å².